The molecule has 0 atom stereocenters. The zero-order chi connectivity index (χ0) is 22.2. The lowest BCUT2D eigenvalue weighted by Gasteiger charge is -2.08. The molecule has 0 unspecified atom stereocenters. The van der Waals surface area contributed by atoms with Gasteiger partial charge in [0.2, 0.25) is 5.78 Å². The number of thiazole rings is 1. The lowest BCUT2D eigenvalue weighted by Crippen LogP contribution is -2.20. The monoisotopic (exact) mass is 465 g/mol. The van der Waals surface area contributed by atoms with E-state index in [0.29, 0.717) is 33.2 Å². The number of esters is 1. The van der Waals surface area contributed by atoms with Crippen LogP contribution in [0.2, 0.25) is 5.02 Å². The van der Waals surface area contributed by atoms with E-state index in [-0.39, 0.29) is 18.6 Å². The molecule has 0 aliphatic carbocycles. The van der Waals surface area contributed by atoms with Crippen molar-refractivity contribution in [1.29, 1.82) is 0 Å². The second-order valence-corrected chi connectivity index (χ2v) is 8.42. The standard InChI is InChI=1S/C22H16ClN5O3S/c1-27-21(30)16-7-2-3-8-17(16)28-18(25-26-22(27)28)11-31-19(29)10-15-12-32-20(24-15)13-5-4-6-14(23)9-13/h2-9,12H,10-11H2,1H3. The van der Waals surface area contributed by atoms with Crippen molar-refractivity contribution in [1.82, 2.24) is 24.1 Å². The molecule has 10 heteroatoms. The van der Waals surface area contributed by atoms with Crippen molar-refractivity contribution < 1.29 is 9.53 Å². The van der Waals surface area contributed by atoms with Gasteiger partial charge in [0, 0.05) is 23.0 Å². The number of ether oxygens (including phenoxy) is 1. The Labute approximate surface area is 190 Å². The van der Waals surface area contributed by atoms with Gasteiger partial charge in [0.1, 0.15) is 5.01 Å². The summed E-state index contributed by atoms with van der Waals surface area (Å²) in [6, 6.07) is 14.6. The minimum Gasteiger partial charge on any atom is -0.457 e. The maximum absolute atomic E-state index is 12.5. The van der Waals surface area contributed by atoms with Gasteiger partial charge in [-0.05, 0) is 24.3 Å². The topological polar surface area (TPSA) is 91.4 Å². The fourth-order valence-electron chi connectivity index (χ4n) is 3.47. The Morgan fingerprint density at radius 3 is 2.84 bits per heavy atom. The van der Waals surface area contributed by atoms with E-state index >= 15 is 0 Å². The lowest BCUT2D eigenvalue weighted by atomic mass is 10.2. The molecule has 0 fully saturated rings. The first-order valence-electron chi connectivity index (χ1n) is 9.69. The van der Waals surface area contributed by atoms with Crippen molar-refractivity contribution in [2.45, 2.75) is 13.0 Å². The van der Waals surface area contributed by atoms with Crippen LogP contribution in [-0.4, -0.2) is 30.1 Å². The summed E-state index contributed by atoms with van der Waals surface area (Å²) in [5, 5.41) is 12.0. The van der Waals surface area contributed by atoms with Gasteiger partial charge in [-0.2, -0.15) is 0 Å². The number of para-hydroxylation sites is 1. The molecule has 5 rings (SSSR count). The van der Waals surface area contributed by atoms with E-state index in [2.05, 4.69) is 15.2 Å². The fraction of sp³-hybridized carbons (Fsp3) is 0.136. The quantitative estimate of drug-likeness (QED) is 0.368. The van der Waals surface area contributed by atoms with E-state index in [0.717, 1.165) is 10.6 Å². The number of halogens is 1. The Hall–Kier alpha value is -3.56. The highest BCUT2D eigenvalue weighted by Crippen LogP contribution is 2.26. The molecular weight excluding hydrogens is 450 g/mol. The van der Waals surface area contributed by atoms with E-state index in [1.807, 2.05) is 35.7 Å². The second kappa shape index (κ2) is 8.18. The second-order valence-electron chi connectivity index (χ2n) is 7.12. The molecule has 0 aliphatic heterocycles. The van der Waals surface area contributed by atoms with E-state index in [1.165, 1.54) is 15.9 Å². The maximum Gasteiger partial charge on any atom is 0.312 e. The summed E-state index contributed by atoms with van der Waals surface area (Å²) in [6.45, 7) is -0.0759. The van der Waals surface area contributed by atoms with Crippen molar-refractivity contribution in [2.75, 3.05) is 0 Å². The molecule has 0 radical (unpaired) electrons. The van der Waals surface area contributed by atoms with Gasteiger partial charge >= 0.3 is 5.97 Å². The van der Waals surface area contributed by atoms with Gasteiger partial charge in [0.25, 0.3) is 5.56 Å². The predicted octanol–water partition coefficient (Wildman–Crippen LogP) is 3.64. The van der Waals surface area contributed by atoms with Crippen molar-refractivity contribution in [3.63, 3.8) is 0 Å². The number of aromatic nitrogens is 5. The Kier molecular flexibility index (Phi) is 5.20. The Morgan fingerprint density at radius 1 is 1.16 bits per heavy atom. The van der Waals surface area contributed by atoms with Crippen LogP contribution in [0.1, 0.15) is 11.5 Å². The van der Waals surface area contributed by atoms with Crippen molar-refractivity contribution in [2.24, 2.45) is 7.05 Å². The van der Waals surface area contributed by atoms with Crippen LogP contribution in [0.3, 0.4) is 0 Å². The zero-order valence-corrected chi connectivity index (χ0v) is 18.4. The molecule has 0 bridgehead atoms. The molecule has 5 aromatic rings. The SMILES string of the molecule is Cn1c(=O)c2ccccc2n2c(COC(=O)Cc3csc(-c4cccc(Cl)c4)n3)nnc12. The van der Waals surface area contributed by atoms with Crippen molar-refractivity contribution >= 4 is 45.6 Å². The normalized spacial score (nSPS) is 11.3. The van der Waals surface area contributed by atoms with E-state index in [4.69, 9.17) is 16.3 Å². The van der Waals surface area contributed by atoms with Gasteiger partial charge in [-0.3, -0.25) is 18.6 Å². The fourth-order valence-corrected chi connectivity index (χ4v) is 4.48. The first-order valence-corrected chi connectivity index (χ1v) is 10.9. The van der Waals surface area contributed by atoms with Gasteiger partial charge in [0.15, 0.2) is 12.4 Å². The summed E-state index contributed by atoms with van der Waals surface area (Å²) in [5.41, 5.74) is 2.01. The number of rotatable bonds is 5. The van der Waals surface area contributed by atoms with Crippen LogP contribution in [0.25, 0.3) is 27.3 Å². The number of benzene rings is 2. The Balaban J connectivity index is 1.34. The average molecular weight is 466 g/mol. The number of carbonyl (C=O) groups excluding carboxylic acids is 1. The van der Waals surface area contributed by atoms with Crippen molar-refractivity contribution in [3.05, 3.63) is 80.8 Å². The summed E-state index contributed by atoms with van der Waals surface area (Å²) in [6.07, 6.45) is 0.0348. The summed E-state index contributed by atoms with van der Waals surface area (Å²) in [4.78, 5) is 29.5. The highest BCUT2D eigenvalue weighted by atomic mass is 35.5. The molecule has 32 heavy (non-hydrogen) atoms. The lowest BCUT2D eigenvalue weighted by molar-refractivity contribution is -0.144. The minimum atomic E-state index is -0.432. The number of nitrogens with zero attached hydrogens (tertiary/aromatic N) is 5. The maximum atomic E-state index is 12.5. The zero-order valence-electron chi connectivity index (χ0n) is 16.9. The Bertz CT molecular complexity index is 1540. The Morgan fingerprint density at radius 2 is 2.00 bits per heavy atom. The molecule has 0 amide bonds. The number of hydrogen-bond donors (Lipinski definition) is 0. The molecule has 160 valence electrons. The molecule has 0 saturated heterocycles. The third kappa shape index (κ3) is 3.65. The molecule has 0 spiro atoms. The summed E-state index contributed by atoms with van der Waals surface area (Å²) < 4.78 is 8.60. The van der Waals surface area contributed by atoms with Crippen LogP contribution >= 0.6 is 22.9 Å². The van der Waals surface area contributed by atoms with Gasteiger partial charge in [-0.15, -0.1) is 21.5 Å². The van der Waals surface area contributed by atoms with Crippen LogP contribution in [-0.2, 0) is 29.6 Å². The molecule has 0 saturated carbocycles. The number of fused-ring (bicyclic) bond motifs is 3. The van der Waals surface area contributed by atoms with E-state index in [9.17, 15) is 9.59 Å². The van der Waals surface area contributed by atoms with Crippen LogP contribution in [0.4, 0.5) is 0 Å². The predicted molar refractivity (Wildman–Crippen MR) is 122 cm³/mol. The molecule has 8 nitrogen and oxygen atoms in total. The molecule has 3 heterocycles. The van der Waals surface area contributed by atoms with Crippen LogP contribution in [0.15, 0.2) is 58.7 Å². The summed E-state index contributed by atoms with van der Waals surface area (Å²) >= 11 is 7.48. The molecule has 0 aliphatic rings. The van der Waals surface area contributed by atoms with Crippen LogP contribution < -0.4 is 5.56 Å². The third-order valence-corrected chi connectivity index (χ3v) is 6.18. The first-order chi connectivity index (χ1) is 15.5. The first kappa shape index (κ1) is 20.3. The molecular formula is C22H16ClN5O3S. The van der Waals surface area contributed by atoms with Gasteiger partial charge in [-0.25, -0.2) is 4.98 Å². The van der Waals surface area contributed by atoms with Gasteiger partial charge in [0.05, 0.1) is 23.0 Å². The minimum absolute atomic E-state index is 0.0348. The smallest absolute Gasteiger partial charge is 0.312 e. The van der Waals surface area contributed by atoms with Crippen molar-refractivity contribution in [3.8, 4) is 10.6 Å². The average Bonchev–Trinajstić information content (AvgIpc) is 3.43. The highest BCUT2D eigenvalue weighted by molar-refractivity contribution is 7.13. The molecule has 3 aromatic heterocycles. The number of aryl methyl sites for hydroxylation is 1. The van der Waals surface area contributed by atoms with E-state index in [1.54, 1.807) is 29.6 Å². The van der Waals surface area contributed by atoms with E-state index < -0.39 is 5.97 Å². The molecule has 2 aromatic carbocycles. The molecule has 0 N–H and O–H groups in total. The third-order valence-electron chi connectivity index (χ3n) is 5.00. The van der Waals surface area contributed by atoms with Gasteiger partial charge < -0.3 is 4.74 Å². The van der Waals surface area contributed by atoms with Crippen LogP contribution in [0.5, 0.6) is 0 Å². The number of carbonyl (C=O) groups is 1. The summed E-state index contributed by atoms with van der Waals surface area (Å²) in [7, 11) is 1.63. The van der Waals surface area contributed by atoms with Gasteiger partial charge in [-0.1, -0.05) is 35.9 Å². The largest absolute Gasteiger partial charge is 0.457 e. The van der Waals surface area contributed by atoms with Crippen LogP contribution in [0, 0.1) is 0 Å². The summed E-state index contributed by atoms with van der Waals surface area (Å²) in [5.74, 6) is 0.377. The highest BCUT2D eigenvalue weighted by Gasteiger charge is 2.16. The number of hydrogen-bond acceptors (Lipinski definition) is 7.